The van der Waals surface area contributed by atoms with E-state index in [1.54, 1.807) is 0 Å². The summed E-state index contributed by atoms with van der Waals surface area (Å²) in [7, 11) is 0. The van der Waals surface area contributed by atoms with Crippen molar-refractivity contribution in [1.82, 2.24) is 4.90 Å². The summed E-state index contributed by atoms with van der Waals surface area (Å²) >= 11 is 0. The fourth-order valence-electron chi connectivity index (χ4n) is 3.85. The molecule has 0 unspecified atom stereocenters. The van der Waals surface area contributed by atoms with E-state index in [0.717, 1.165) is 23.3 Å². The van der Waals surface area contributed by atoms with Crippen LogP contribution < -0.4 is 0 Å². The fourth-order valence-corrected chi connectivity index (χ4v) is 3.85. The zero-order chi connectivity index (χ0) is 19.4. The lowest BCUT2D eigenvalue weighted by atomic mass is 9.82. The van der Waals surface area contributed by atoms with Crippen LogP contribution in [0.25, 0.3) is 0 Å². The van der Waals surface area contributed by atoms with Crippen LogP contribution >= 0.6 is 0 Å². The molecule has 0 spiro atoms. The van der Waals surface area contributed by atoms with Gasteiger partial charge in [-0.05, 0) is 41.5 Å². The Balaban J connectivity index is 1.77. The highest BCUT2D eigenvalue weighted by Gasteiger charge is 2.32. The van der Waals surface area contributed by atoms with Gasteiger partial charge >= 0.3 is 12.1 Å². The van der Waals surface area contributed by atoms with Crippen LogP contribution in [-0.4, -0.2) is 29.1 Å². The maximum Gasteiger partial charge on any atom is 0.416 e. The molecule has 0 bridgehead atoms. The van der Waals surface area contributed by atoms with Gasteiger partial charge in [-0.25, -0.2) is 0 Å². The number of carbonyl (C=O) groups is 1. The minimum atomic E-state index is -4.35. The normalized spacial score (nSPS) is 21.1. The van der Waals surface area contributed by atoms with Crippen molar-refractivity contribution >= 4 is 5.97 Å². The van der Waals surface area contributed by atoms with Gasteiger partial charge in [0.1, 0.15) is 0 Å². The summed E-state index contributed by atoms with van der Waals surface area (Å²) in [6.45, 7) is 2.09. The Labute approximate surface area is 156 Å². The van der Waals surface area contributed by atoms with E-state index in [2.05, 4.69) is 4.90 Å². The highest BCUT2D eigenvalue weighted by atomic mass is 19.4. The van der Waals surface area contributed by atoms with Crippen LogP contribution in [0.5, 0.6) is 0 Å². The first-order valence-corrected chi connectivity index (χ1v) is 8.96. The van der Waals surface area contributed by atoms with Gasteiger partial charge in [-0.15, -0.1) is 0 Å². The van der Waals surface area contributed by atoms with E-state index < -0.39 is 17.7 Å². The molecule has 1 aliphatic rings. The van der Waals surface area contributed by atoms with Crippen molar-refractivity contribution in [3.63, 3.8) is 0 Å². The maximum atomic E-state index is 12.8. The van der Waals surface area contributed by atoms with Gasteiger partial charge < -0.3 is 5.11 Å². The molecule has 0 amide bonds. The molecule has 0 aromatic heterocycles. The van der Waals surface area contributed by atoms with Crippen molar-refractivity contribution in [2.45, 2.75) is 31.5 Å². The van der Waals surface area contributed by atoms with Crippen LogP contribution in [0, 0.1) is 5.92 Å². The first-order valence-electron chi connectivity index (χ1n) is 8.96. The third kappa shape index (κ3) is 5.32. The number of halogens is 3. The Kier molecular flexibility index (Phi) is 5.85. The molecule has 3 rings (SSSR count). The molecule has 2 atom stereocenters. The molecule has 144 valence electrons. The van der Waals surface area contributed by atoms with Gasteiger partial charge in [0.2, 0.25) is 0 Å². The molecule has 27 heavy (non-hydrogen) atoms. The fraction of sp³-hybridized carbons (Fsp3) is 0.381. The second-order valence-electron chi connectivity index (χ2n) is 7.20. The highest BCUT2D eigenvalue weighted by molar-refractivity contribution is 5.67. The molecule has 1 aliphatic heterocycles. The Morgan fingerprint density at radius 1 is 1.04 bits per heavy atom. The molecular weight excluding hydrogens is 355 g/mol. The second kappa shape index (κ2) is 8.13. The summed E-state index contributed by atoms with van der Waals surface area (Å²) in [6.07, 6.45) is -3.61. The molecule has 1 heterocycles. The first kappa shape index (κ1) is 19.4. The van der Waals surface area contributed by atoms with Crippen LogP contribution in [-0.2, 0) is 17.5 Å². The van der Waals surface area contributed by atoms with E-state index in [1.807, 2.05) is 30.3 Å². The number of carboxylic acids is 1. The number of rotatable bonds is 5. The number of benzene rings is 2. The summed E-state index contributed by atoms with van der Waals surface area (Å²) in [6, 6.07) is 15.2. The van der Waals surface area contributed by atoms with E-state index in [1.165, 1.54) is 12.1 Å². The topological polar surface area (TPSA) is 40.5 Å². The maximum absolute atomic E-state index is 12.8. The SMILES string of the molecule is O=C(O)C[C@H]1C[C@H](c2ccc(C(F)(F)F)cc2)CN(Cc2ccccc2)C1. The number of piperidine rings is 1. The summed E-state index contributed by atoms with van der Waals surface area (Å²) < 4.78 is 38.4. The smallest absolute Gasteiger partial charge is 0.416 e. The zero-order valence-corrected chi connectivity index (χ0v) is 14.8. The summed E-state index contributed by atoms with van der Waals surface area (Å²) in [4.78, 5) is 13.4. The lowest BCUT2D eigenvalue weighted by molar-refractivity contribution is -0.139. The average molecular weight is 377 g/mol. The molecule has 1 fully saturated rings. The highest BCUT2D eigenvalue weighted by Crippen LogP contribution is 2.35. The van der Waals surface area contributed by atoms with Crippen molar-refractivity contribution < 1.29 is 23.1 Å². The summed E-state index contributed by atoms with van der Waals surface area (Å²) in [5.41, 5.74) is 1.31. The molecule has 1 N–H and O–H groups in total. The Morgan fingerprint density at radius 3 is 2.30 bits per heavy atom. The van der Waals surface area contributed by atoms with Crippen LogP contribution in [0.4, 0.5) is 13.2 Å². The van der Waals surface area contributed by atoms with E-state index in [4.69, 9.17) is 0 Å². The molecule has 6 heteroatoms. The predicted molar refractivity (Wildman–Crippen MR) is 96.3 cm³/mol. The largest absolute Gasteiger partial charge is 0.481 e. The molecule has 1 saturated heterocycles. The number of hydrogen-bond donors (Lipinski definition) is 1. The molecule has 0 radical (unpaired) electrons. The number of hydrogen-bond acceptors (Lipinski definition) is 2. The Morgan fingerprint density at radius 2 is 1.70 bits per heavy atom. The third-order valence-corrected chi connectivity index (χ3v) is 5.03. The molecule has 2 aromatic carbocycles. The molecule has 3 nitrogen and oxygen atoms in total. The Hall–Kier alpha value is -2.34. The van der Waals surface area contributed by atoms with E-state index in [0.29, 0.717) is 26.1 Å². The van der Waals surface area contributed by atoms with Crippen molar-refractivity contribution in [1.29, 1.82) is 0 Å². The first-order chi connectivity index (χ1) is 12.8. The van der Waals surface area contributed by atoms with Crippen molar-refractivity contribution in [3.8, 4) is 0 Å². The Bertz CT molecular complexity index is 759. The lowest BCUT2D eigenvalue weighted by Gasteiger charge is -2.37. The van der Waals surface area contributed by atoms with Gasteiger partial charge in [-0.2, -0.15) is 13.2 Å². The number of aliphatic carboxylic acids is 1. The minimum Gasteiger partial charge on any atom is -0.481 e. The molecule has 0 aliphatic carbocycles. The van der Waals surface area contributed by atoms with Crippen molar-refractivity contribution in [2.75, 3.05) is 13.1 Å². The summed E-state index contributed by atoms with van der Waals surface area (Å²) in [5, 5.41) is 9.18. The van der Waals surface area contributed by atoms with Gasteiger partial charge in [-0.3, -0.25) is 9.69 Å². The average Bonchev–Trinajstić information content (AvgIpc) is 2.61. The number of likely N-dealkylation sites (tertiary alicyclic amines) is 1. The number of nitrogens with zero attached hydrogens (tertiary/aromatic N) is 1. The zero-order valence-electron chi connectivity index (χ0n) is 14.8. The van der Waals surface area contributed by atoms with Crippen molar-refractivity contribution in [2.24, 2.45) is 5.92 Å². The minimum absolute atomic E-state index is 0.0211. The van der Waals surface area contributed by atoms with Crippen LogP contribution in [0.2, 0.25) is 0 Å². The quantitative estimate of drug-likeness (QED) is 0.815. The lowest BCUT2D eigenvalue weighted by Crippen LogP contribution is -2.39. The molecule has 2 aromatic rings. The van der Waals surface area contributed by atoms with Crippen LogP contribution in [0.15, 0.2) is 54.6 Å². The van der Waals surface area contributed by atoms with E-state index in [9.17, 15) is 23.1 Å². The van der Waals surface area contributed by atoms with Gasteiger partial charge in [0, 0.05) is 26.1 Å². The predicted octanol–water partition coefficient (Wildman–Crippen LogP) is 4.79. The molecule has 0 saturated carbocycles. The monoisotopic (exact) mass is 377 g/mol. The van der Waals surface area contributed by atoms with Crippen molar-refractivity contribution in [3.05, 3.63) is 71.3 Å². The second-order valence-corrected chi connectivity index (χ2v) is 7.20. The van der Waals surface area contributed by atoms with Gasteiger partial charge in [0.05, 0.1) is 5.56 Å². The third-order valence-electron chi connectivity index (χ3n) is 5.03. The standard InChI is InChI=1S/C21H22F3NO2/c22-21(23,24)19-8-6-17(7-9-19)18-10-16(11-20(26)27)13-25(14-18)12-15-4-2-1-3-5-15/h1-9,16,18H,10-14H2,(H,26,27)/t16-,18+/m1/s1. The van der Waals surface area contributed by atoms with E-state index in [-0.39, 0.29) is 18.3 Å². The number of carboxylic acid groups (broad SMARTS) is 1. The summed E-state index contributed by atoms with van der Waals surface area (Å²) in [5.74, 6) is -0.839. The van der Waals surface area contributed by atoms with Gasteiger partial charge in [0.25, 0.3) is 0 Å². The molecular formula is C21H22F3NO2. The number of alkyl halides is 3. The van der Waals surface area contributed by atoms with Gasteiger partial charge in [0.15, 0.2) is 0 Å². The van der Waals surface area contributed by atoms with Gasteiger partial charge in [-0.1, -0.05) is 42.5 Å². The van der Waals surface area contributed by atoms with Crippen LogP contribution in [0.1, 0.15) is 35.4 Å². The van der Waals surface area contributed by atoms with Crippen LogP contribution in [0.3, 0.4) is 0 Å². The van der Waals surface area contributed by atoms with E-state index >= 15 is 0 Å².